The number of halogens is 3. The SMILES string of the molecule is C=CCN(CCC)c1ccc(C(F)(F)F)c(C(=O)O)c1. The number of carboxylic acid groups (broad SMARTS) is 1. The van der Waals surface area contributed by atoms with Crippen LogP contribution in [0.2, 0.25) is 0 Å². The van der Waals surface area contributed by atoms with E-state index < -0.39 is 23.3 Å². The van der Waals surface area contributed by atoms with E-state index in [0.717, 1.165) is 18.6 Å². The van der Waals surface area contributed by atoms with Crippen molar-refractivity contribution >= 4 is 11.7 Å². The number of rotatable bonds is 6. The van der Waals surface area contributed by atoms with Crippen molar-refractivity contribution in [1.82, 2.24) is 0 Å². The summed E-state index contributed by atoms with van der Waals surface area (Å²) in [6.45, 7) is 6.56. The van der Waals surface area contributed by atoms with Crippen LogP contribution in [0.5, 0.6) is 0 Å². The average molecular weight is 287 g/mol. The van der Waals surface area contributed by atoms with E-state index in [9.17, 15) is 18.0 Å². The number of benzene rings is 1. The van der Waals surface area contributed by atoms with E-state index in [1.54, 1.807) is 11.0 Å². The van der Waals surface area contributed by atoms with Crippen molar-refractivity contribution in [3.63, 3.8) is 0 Å². The molecule has 0 aliphatic carbocycles. The first kappa shape index (κ1) is 16.1. The topological polar surface area (TPSA) is 40.5 Å². The molecule has 3 nitrogen and oxygen atoms in total. The summed E-state index contributed by atoms with van der Waals surface area (Å²) in [5.41, 5.74) is -1.43. The summed E-state index contributed by atoms with van der Waals surface area (Å²) in [6, 6.07) is 3.16. The maximum atomic E-state index is 12.7. The van der Waals surface area contributed by atoms with E-state index >= 15 is 0 Å². The molecule has 0 amide bonds. The number of carboxylic acids is 1. The first-order chi connectivity index (χ1) is 9.31. The largest absolute Gasteiger partial charge is 0.478 e. The number of hydrogen-bond donors (Lipinski definition) is 1. The first-order valence-electron chi connectivity index (χ1n) is 6.11. The molecule has 0 heterocycles. The summed E-state index contributed by atoms with van der Waals surface area (Å²) >= 11 is 0. The second-order valence-electron chi connectivity index (χ2n) is 4.27. The van der Waals surface area contributed by atoms with Crippen LogP contribution in [0.15, 0.2) is 30.9 Å². The van der Waals surface area contributed by atoms with Crippen molar-refractivity contribution in [3.8, 4) is 0 Å². The monoisotopic (exact) mass is 287 g/mol. The Morgan fingerprint density at radius 1 is 1.45 bits per heavy atom. The Morgan fingerprint density at radius 3 is 2.55 bits per heavy atom. The average Bonchev–Trinajstić information content (AvgIpc) is 2.36. The molecule has 0 spiro atoms. The highest BCUT2D eigenvalue weighted by atomic mass is 19.4. The molecule has 0 aliphatic rings. The quantitative estimate of drug-likeness (QED) is 0.809. The minimum absolute atomic E-state index is 0.442. The lowest BCUT2D eigenvalue weighted by Crippen LogP contribution is -2.25. The lowest BCUT2D eigenvalue weighted by molar-refractivity contribution is -0.138. The van der Waals surface area contributed by atoms with Crippen molar-refractivity contribution in [1.29, 1.82) is 0 Å². The Hall–Kier alpha value is -1.98. The maximum Gasteiger partial charge on any atom is 0.417 e. The van der Waals surface area contributed by atoms with E-state index in [4.69, 9.17) is 5.11 Å². The number of aromatic carboxylic acids is 1. The molecule has 20 heavy (non-hydrogen) atoms. The number of alkyl halides is 3. The van der Waals surface area contributed by atoms with Crippen LogP contribution in [0, 0.1) is 0 Å². The van der Waals surface area contributed by atoms with Gasteiger partial charge in [0.2, 0.25) is 0 Å². The molecule has 6 heteroatoms. The van der Waals surface area contributed by atoms with Crippen LogP contribution < -0.4 is 4.90 Å². The molecule has 0 aliphatic heterocycles. The molecular weight excluding hydrogens is 271 g/mol. The Morgan fingerprint density at radius 2 is 2.10 bits per heavy atom. The van der Waals surface area contributed by atoms with Gasteiger partial charge in [-0.3, -0.25) is 0 Å². The van der Waals surface area contributed by atoms with Crippen LogP contribution in [-0.4, -0.2) is 24.2 Å². The highest BCUT2D eigenvalue weighted by Crippen LogP contribution is 2.34. The molecule has 1 aromatic carbocycles. The molecule has 1 rings (SSSR count). The Kier molecular flexibility index (Phi) is 5.19. The predicted octanol–water partition coefficient (Wildman–Crippen LogP) is 3.81. The minimum Gasteiger partial charge on any atom is -0.478 e. The number of hydrogen-bond acceptors (Lipinski definition) is 2. The molecule has 0 bridgehead atoms. The van der Waals surface area contributed by atoms with Gasteiger partial charge in [0.1, 0.15) is 0 Å². The zero-order valence-corrected chi connectivity index (χ0v) is 11.1. The lowest BCUT2D eigenvalue weighted by atomic mass is 10.1. The van der Waals surface area contributed by atoms with Gasteiger partial charge in [-0.1, -0.05) is 13.0 Å². The molecule has 1 aromatic rings. The standard InChI is InChI=1S/C14H16F3NO2/c1-3-7-18(8-4-2)10-5-6-12(14(15,16)17)11(9-10)13(19)20/h3,5-6,9H,1,4,7-8H2,2H3,(H,19,20). The van der Waals surface area contributed by atoms with Crippen LogP contribution in [0.25, 0.3) is 0 Å². The van der Waals surface area contributed by atoms with Gasteiger partial charge in [-0.2, -0.15) is 13.2 Å². The van der Waals surface area contributed by atoms with Crippen LogP contribution in [-0.2, 0) is 6.18 Å². The zero-order valence-electron chi connectivity index (χ0n) is 11.1. The third-order valence-electron chi connectivity index (χ3n) is 2.75. The van der Waals surface area contributed by atoms with Gasteiger partial charge in [-0.15, -0.1) is 6.58 Å². The molecule has 1 N–H and O–H groups in total. The third kappa shape index (κ3) is 3.76. The molecule has 0 unspecified atom stereocenters. The smallest absolute Gasteiger partial charge is 0.417 e. The van der Waals surface area contributed by atoms with Crippen LogP contribution in [0.3, 0.4) is 0 Å². The highest BCUT2D eigenvalue weighted by Gasteiger charge is 2.35. The van der Waals surface area contributed by atoms with E-state index in [1.165, 1.54) is 6.07 Å². The van der Waals surface area contributed by atoms with Crippen LogP contribution >= 0.6 is 0 Å². The van der Waals surface area contributed by atoms with Gasteiger partial charge in [-0.05, 0) is 24.6 Å². The summed E-state index contributed by atoms with van der Waals surface area (Å²) in [5, 5.41) is 8.96. The number of anilines is 1. The summed E-state index contributed by atoms with van der Waals surface area (Å²) in [6.07, 6.45) is -2.27. The first-order valence-corrected chi connectivity index (χ1v) is 6.11. The Labute approximate surface area is 115 Å². The van der Waals surface area contributed by atoms with E-state index in [-0.39, 0.29) is 0 Å². The Balaban J connectivity index is 3.28. The minimum atomic E-state index is -4.68. The van der Waals surface area contributed by atoms with Crippen molar-refractivity contribution in [3.05, 3.63) is 42.0 Å². The fourth-order valence-electron chi connectivity index (χ4n) is 1.90. The normalized spacial score (nSPS) is 11.2. The van der Waals surface area contributed by atoms with Gasteiger partial charge in [0, 0.05) is 18.8 Å². The molecule has 0 fully saturated rings. The number of nitrogens with zero attached hydrogens (tertiary/aromatic N) is 1. The zero-order chi connectivity index (χ0) is 15.3. The van der Waals surface area contributed by atoms with Gasteiger partial charge in [0.05, 0.1) is 11.1 Å². The molecule has 0 atom stereocenters. The molecule has 0 saturated carbocycles. The fraction of sp³-hybridized carbons (Fsp3) is 0.357. The van der Waals surface area contributed by atoms with Crippen molar-refractivity contribution in [2.45, 2.75) is 19.5 Å². The summed E-state index contributed by atoms with van der Waals surface area (Å²) in [7, 11) is 0. The van der Waals surface area contributed by atoms with Gasteiger partial charge >= 0.3 is 12.1 Å². The molecule has 0 saturated heterocycles. The van der Waals surface area contributed by atoms with E-state index in [2.05, 4.69) is 6.58 Å². The van der Waals surface area contributed by atoms with Gasteiger partial charge in [0.15, 0.2) is 0 Å². The van der Waals surface area contributed by atoms with Crippen LogP contribution in [0.1, 0.15) is 29.3 Å². The van der Waals surface area contributed by atoms with Gasteiger partial charge in [-0.25, -0.2) is 4.79 Å². The summed E-state index contributed by atoms with van der Waals surface area (Å²) < 4.78 is 38.2. The number of carbonyl (C=O) groups is 1. The third-order valence-corrected chi connectivity index (χ3v) is 2.75. The summed E-state index contributed by atoms with van der Waals surface area (Å²) in [5.74, 6) is -1.59. The van der Waals surface area contributed by atoms with Crippen molar-refractivity contribution < 1.29 is 23.1 Å². The molecule has 0 radical (unpaired) electrons. The Bertz CT molecular complexity index is 498. The molecular formula is C14H16F3NO2. The fourth-order valence-corrected chi connectivity index (χ4v) is 1.90. The molecule has 110 valence electrons. The maximum absolute atomic E-state index is 12.7. The predicted molar refractivity (Wildman–Crippen MR) is 71.1 cm³/mol. The van der Waals surface area contributed by atoms with E-state index in [1.807, 2.05) is 6.92 Å². The second-order valence-corrected chi connectivity index (χ2v) is 4.27. The second kappa shape index (κ2) is 6.45. The molecule has 0 aromatic heterocycles. The van der Waals surface area contributed by atoms with Gasteiger partial charge < -0.3 is 10.0 Å². The van der Waals surface area contributed by atoms with Crippen LogP contribution in [0.4, 0.5) is 18.9 Å². The van der Waals surface area contributed by atoms with E-state index in [0.29, 0.717) is 18.8 Å². The van der Waals surface area contributed by atoms with Crippen molar-refractivity contribution in [2.24, 2.45) is 0 Å². The lowest BCUT2D eigenvalue weighted by Gasteiger charge is -2.24. The summed E-state index contributed by atoms with van der Waals surface area (Å²) in [4.78, 5) is 12.8. The van der Waals surface area contributed by atoms with Gasteiger partial charge in [0.25, 0.3) is 0 Å². The van der Waals surface area contributed by atoms with Crippen molar-refractivity contribution in [2.75, 3.05) is 18.0 Å². The highest BCUT2D eigenvalue weighted by molar-refractivity contribution is 5.91.